The maximum Gasteiger partial charge on any atom is 0.104 e. The monoisotopic (exact) mass is 541 g/mol. The quantitative estimate of drug-likeness (QED) is 0.0825. The molecule has 38 heavy (non-hydrogen) atoms. The van der Waals surface area contributed by atoms with E-state index < -0.39 is 0 Å². The van der Waals surface area contributed by atoms with E-state index in [0.29, 0.717) is 6.61 Å². The predicted octanol–water partition coefficient (Wildman–Crippen LogP) is 11.3. The van der Waals surface area contributed by atoms with E-state index in [4.69, 9.17) is 9.47 Å². The van der Waals surface area contributed by atoms with Crippen LogP contribution < -0.4 is 0 Å². The van der Waals surface area contributed by atoms with Gasteiger partial charge in [0.1, 0.15) is 6.10 Å². The number of hydrogen-bond donors (Lipinski definition) is 1. The fourth-order valence-electron chi connectivity index (χ4n) is 5.31. The Morgan fingerprint density at radius 3 is 1.00 bits per heavy atom. The molecule has 3 heteroatoms. The van der Waals surface area contributed by atoms with E-state index >= 15 is 0 Å². The smallest absolute Gasteiger partial charge is 0.104 e. The molecular weight excluding hydrogens is 468 g/mol. The van der Waals surface area contributed by atoms with Crippen molar-refractivity contribution in [3.05, 3.63) is 0 Å². The molecule has 1 atom stereocenters. The summed E-state index contributed by atoms with van der Waals surface area (Å²) in [6.45, 7) is 6.74. The van der Waals surface area contributed by atoms with E-state index in [0.717, 1.165) is 26.1 Å². The van der Waals surface area contributed by atoms with Crippen molar-refractivity contribution in [1.29, 1.82) is 0 Å². The molecule has 1 unspecified atom stereocenters. The van der Waals surface area contributed by atoms with Gasteiger partial charge < -0.3 is 14.6 Å². The second kappa shape index (κ2) is 34.9. The van der Waals surface area contributed by atoms with Crippen LogP contribution in [0.4, 0.5) is 0 Å². The van der Waals surface area contributed by atoms with E-state index in [1.54, 1.807) is 0 Å². The van der Waals surface area contributed by atoms with Gasteiger partial charge in [0.15, 0.2) is 0 Å². The van der Waals surface area contributed by atoms with Crippen molar-refractivity contribution < 1.29 is 14.6 Å². The first kappa shape index (κ1) is 37.9. The summed E-state index contributed by atoms with van der Waals surface area (Å²) in [5.74, 6) is 0. The third kappa shape index (κ3) is 32.1. The number of rotatable bonds is 34. The van der Waals surface area contributed by atoms with Gasteiger partial charge in [-0.1, -0.05) is 181 Å². The maximum atomic E-state index is 9.56. The summed E-state index contributed by atoms with van der Waals surface area (Å²) in [7, 11) is 0. The molecule has 0 heterocycles. The van der Waals surface area contributed by atoms with Gasteiger partial charge in [-0.25, -0.2) is 0 Å². The van der Waals surface area contributed by atoms with Gasteiger partial charge in [0.2, 0.25) is 0 Å². The standard InChI is InChI=1S/C35H72O3/c1-3-5-7-9-11-13-15-17-19-21-23-25-27-29-31-37-34-35(33-36)38-32-30-28-26-24-22-20-18-16-14-12-10-8-6-4-2/h35-36H,3-34H2,1-2H3. The fourth-order valence-corrected chi connectivity index (χ4v) is 5.31. The summed E-state index contributed by atoms with van der Waals surface area (Å²) in [4.78, 5) is 0. The van der Waals surface area contributed by atoms with Gasteiger partial charge in [0.25, 0.3) is 0 Å². The van der Waals surface area contributed by atoms with E-state index in [9.17, 15) is 5.11 Å². The number of aliphatic hydroxyl groups excluding tert-OH is 1. The Morgan fingerprint density at radius 2 is 0.684 bits per heavy atom. The first-order chi connectivity index (χ1) is 18.8. The molecule has 0 spiro atoms. The van der Waals surface area contributed by atoms with Crippen molar-refractivity contribution in [2.24, 2.45) is 0 Å². The van der Waals surface area contributed by atoms with Crippen molar-refractivity contribution in [3.8, 4) is 0 Å². The minimum atomic E-state index is -0.149. The SMILES string of the molecule is CCCCCCCCCCCCCCCCOCC(CO)OCCCCCCCCCCCCCCCC. The molecule has 0 aromatic heterocycles. The fraction of sp³-hybridized carbons (Fsp3) is 1.00. The van der Waals surface area contributed by atoms with Crippen LogP contribution in [0.1, 0.15) is 194 Å². The van der Waals surface area contributed by atoms with Crippen LogP contribution in [0.2, 0.25) is 0 Å². The highest BCUT2D eigenvalue weighted by Gasteiger charge is 2.07. The lowest BCUT2D eigenvalue weighted by Crippen LogP contribution is -2.24. The molecule has 0 saturated carbocycles. The maximum absolute atomic E-state index is 9.56. The summed E-state index contributed by atoms with van der Waals surface area (Å²) in [6, 6.07) is 0. The molecule has 3 nitrogen and oxygen atoms in total. The van der Waals surface area contributed by atoms with Gasteiger partial charge in [-0.3, -0.25) is 0 Å². The lowest BCUT2D eigenvalue weighted by Gasteiger charge is -2.15. The minimum Gasteiger partial charge on any atom is -0.394 e. The third-order valence-corrected chi connectivity index (χ3v) is 8.00. The van der Waals surface area contributed by atoms with Crippen LogP contribution in [0.15, 0.2) is 0 Å². The second-order valence-electron chi connectivity index (χ2n) is 11.9. The zero-order chi connectivity index (χ0) is 27.6. The van der Waals surface area contributed by atoms with Crippen LogP contribution in [0.3, 0.4) is 0 Å². The zero-order valence-electron chi connectivity index (χ0n) is 26.5. The minimum absolute atomic E-state index is 0.0668. The summed E-state index contributed by atoms with van der Waals surface area (Å²) in [5.41, 5.74) is 0. The predicted molar refractivity (Wildman–Crippen MR) is 168 cm³/mol. The molecular formula is C35H72O3. The molecule has 0 fully saturated rings. The lowest BCUT2D eigenvalue weighted by atomic mass is 10.0. The Hall–Kier alpha value is -0.120. The number of unbranched alkanes of at least 4 members (excludes halogenated alkanes) is 26. The van der Waals surface area contributed by atoms with E-state index in [1.807, 2.05) is 0 Å². The summed E-state index contributed by atoms with van der Waals surface area (Å²) < 4.78 is 11.6. The average molecular weight is 541 g/mol. The Balaban J connectivity index is 3.25. The van der Waals surface area contributed by atoms with Crippen molar-refractivity contribution in [3.63, 3.8) is 0 Å². The molecule has 0 aliphatic carbocycles. The average Bonchev–Trinajstić information content (AvgIpc) is 2.93. The molecule has 0 aromatic rings. The summed E-state index contributed by atoms with van der Waals surface area (Å²) >= 11 is 0. The highest BCUT2D eigenvalue weighted by molar-refractivity contribution is 4.56. The van der Waals surface area contributed by atoms with Gasteiger partial charge >= 0.3 is 0 Å². The molecule has 0 rings (SSSR count). The van der Waals surface area contributed by atoms with Crippen molar-refractivity contribution >= 4 is 0 Å². The Kier molecular flexibility index (Phi) is 34.8. The summed E-state index contributed by atoms with van der Waals surface area (Å²) in [6.07, 6.45) is 38.4. The first-order valence-corrected chi connectivity index (χ1v) is 17.6. The van der Waals surface area contributed by atoms with Crippen molar-refractivity contribution in [1.82, 2.24) is 0 Å². The van der Waals surface area contributed by atoms with Crippen LogP contribution in [-0.2, 0) is 9.47 Å². The molecule has 0 bridgehead atoms. The molecule has 0 radical (unpaired) electrons. The van der Waals surface area contributed by atoms with Gasteiger partial charge in [-0.15, -0.1) is 0 Å². The molecule has 1 N–H and O–H groups in total. The van der Waals surface area contributed by atoms with Crippen molar-refractivity contribution in [2.45, 2.75) is 200 Å². The van der Waals surface area contributed by atoms with Gasteiger partial charge in [0, 0.05) is 13.2 Å². The van der Waals surface area contributed by atoms with Crippen LogP contribution >= 0.6 is 0 Å². The largest absolute Gasteiger partial charge is 0.394 e. The van der Waals surface area contributed by atoms with Gasteiger partial charge in [0.05, 0.1) is 13.2 Å². The third-order valence-electron chi connectivity index (χ3n) is 8.00. The molecule has 0 aromatic carbocycles. The molecule has 0 saturated heterocycles. The molecule has 0 aliphatic rings. The zero-order valence-corrected chi connectivity index (χ0v) is 26.5. The number of hydrogen-bond acceptors (Lipinski definition) is 3. The Morgan fingerprint density at radius 1 is 0.395 bits per heavy atom. The molecule has 230 valence electrons. The Labute approximate surface area is 240 Å². The molecule has 0 amide bonds. The van der Waals surface area contributed by atoms with Crippen LogP contribution in [0.5, 0.6) is 0 Å². The van der Waals surface area contributed by atoms with E-state index in [1.165, 1.54) is 167 Å². The van der Waals surface area contributed by atoms with Gasteiger partial charge in [-0.2, -0.15) is 0 Å². The van der Waals surface area contributed by atoms with Crippen molar-refractivity contribution in [2.75, 3.05) is 26.4 Å². The number of aliphatic hydroxyl groups is 1. The Bertz CT molecular complexity index is 401. The topological polar surface area (TPSA) is 38.7 Å². The number of ether oxygens (including phenoxy) is 2. The normalized spacial score (nSPS) is 12.4. The van der Waals surface area contributed by atoms with Gasteiger partial charge in [-0.05, 0) is 12.8 Å². The first-order valence-electron chi connectivity index (χ1n) is 17.6. The van der Waals surface area contributed by atoms with Crippen LogP contribution in [-0.4, -0.2) is 37.6 Å². The van der Waals surface area contributed by atoms with Crippen LogP contribution in [0.25, 0.3) is 0 Å². The van der Waals surface area contributed by atoms with E-state index in [2.05, 4.69) is 13.8 Å². The summed E-state index contributed by atoms with van der Waals surface area (Å²) in [5, 5.41) is 9.56. The molecule has 0 aliphatic heterocycles. The highest BCUT2D eigenvalue weighted by Crippen LogP contribution is 2.14. The van der Waals surface area contributed by atoms with Crippen LogP contribution in [0, 0.1) is 0 Å². The lowest BCUT2D eigenvalue weighted by molar-refractivity contribution is -0.0437. The highest BCUT2D eigenvalue weighted by atomic mass is 16.5. The van der Waals surface area contributed by atoms with E-state index in [-0.39, 0.29) is 12.7 Å². The second-order valence-corrected chi connectivity index (χ2v) is 11.9.